The summed E-state index contributed by atoms with van der Waals surface area (Å²) in [5.41, 5.74) is 6.08. The molecule has 0 saturated heterocycles. The van der Waals surface area contributed by atoms with Crippen molar-refractivity contribution in [3.8, 4) is 0 Å². The lowest BCUT2D eigenvalue weighted by Crippen LogP contribution is -2.38. The highest BCUT2D eigenvalue weighted by Gasteiger charge is 2.20. The molecular formula is C12H19N5O2. The largest absolute Gasteiger partial charge is 0.332 e. The topological polar surface area (TPSA) is 87.8 Å². The fourth-order valence-corrected chi connectivity index (χ4v) is 2.33. The first-order chi connectivity index (χ1) is 8.93. The maximum atomic E-state index is 12.3. The lowest BCUT2D eigenvalue weighted by atomic mass is 10.3. The van der Waals surface area contributed by atoms with E-state index in [0.29, 0.717) is 30.1 Å². The number of rotatable bonds is 3. The summed E-state index contributed by atoms with van der Waals surface area (Å²) in [7, 11) is 1.48. The van der Waals surface area contributed by atoms with Gasteiger partial charge in [-0.25, -0.2) is 9.78 Å². The monoisotopic (exact) mass is 265 g/mol. The van der Waals surface area contributed by atoms with Crippen molar-refractivity contribution in [2.45, 2.75) is 39.9 Å². The van der Waals surface area contributed by atoms with Crippen LogP contribution in [0.3, 0.4) is 0 Å². The van der Waals surface area contributed by atoms with Crippen LogP contribution in [0.4, 0.5) is 0 Å². The van der Waals surface area contributed by atoms with E-state index >= 15 is 0 Å². The van der Waals surface area contributed by atoms with Crippen LogP contribution in [0.25, 0.3) is 11.2 Å². The highest BCUT2D eigenvalue weighted by molar-refractivity contribution is 5.71. The minimum atomic E-state index is -0.350. The zero-order valence-corrected chi connectivity index (χ0v) is 11.7. The molecule has 7 heteroatoms. The lowest BCUT2D eigenvalue weighted by Gasteiger charge is -2.08. The lowest BCUT2D eigenvalue weighted by molar-refractivity contribution is 0.642. The SMILES string of the molecule is CCn1c(C(C)N)nc2c1c(=O)n(C)c(=O)n2CC. The molecule has 7 nitrogen and oxygen atoms in total. The van der Waals surface area contributed by atoms with Gasteiger partial charge in [-0.2, -0.15) is 0 Å². The predicted molar refractivity (Wildman–Crippen MR) is 73.2 cm³/mol. The average molecular weight is 265 g/mol. The number of fused-ring (bicyclic) bond motifs is 1. The molecular weight excluding hydrogens is 246 g/mol. The van der Waals surface area contributed by atoms with Crippen LogP contribution in [0, 0.1) is 0 Å². The van der Waals surface area contributed by atoms with Crippen LogP contribution in [-0.2, 0) is 20.1 Å². The molecule has 0 fully saturated rings. The third-order valence-electron chi connectivity index (χ3n) is 3.30. The van der Waals surface area contributed by atoms with Crippen LogP contribution < -0.4 is 17.0 Å². The van der Waals surface area contributed by atoms with Crippen molar-refractivity contribution < 1.29 is 0 Å². The molecule has 2 heterocycles. The molecule has 104 valence electrons. The summed E-state index contributed by atoms with van der Waals surface area (Å²) in [6.45, 7) is 6.63. The molecule has 0 aliphatic rings. The van der Waals surface area contributed by atoms with Gasteiger partial charge >= 0.3 is 5.69 Å². The van der Waals surface area contributed by atoms with Crippen molar-refractivity contribution in [2.75, 3.05) is 0 Å². The summed E-state index contributed by atoms with van der Waals surface area (Å²) in [4.78, 5) is 28.7. The number of aromatic nitrogens is 4. The second-order valence-corrected chi connectivity index (χ2v) is 4.57. The zero-order chi connectivity index (χ0) is 14.3. The molecule has 2 aromatic heterocycles. The molecule has 2 aromatic rings. The summed E-state index contributed by atoms with van der Waals surface area (Å²) in [6.07, 6.45) is 0. The van der Waals surface area contributed by atoms with Crippen molar-refractivity contribution in [1.82, 2.24) is 18.7 Å². The van der Waals surface area contributed by atoms with Crippen LogP contribution in [0.1, 0.15) is 32.6 Å². The molecule has 0 saturated carbocycles. The number of hydrogen-bond acceptors (Lipinski definition) is 4. The van der Waals surface area contributed by atoms with Crippen LogP contribution >= 0.6 is 0 Å². The highest BCUT2D eigenvalue weighted by atomic mass is 16.2. The fourth-order valence-electron chi connectivity index (χ4n) is 2.33. The zero-order valence-electron chi connectivity index (χ0n) is 11.7. The normalized spacial score (nSPS) is 13.1. The Morgan fingerprint density at radius 1 is 1.21 bits per heavy atom. The standard InChI is InChI=1S/C12H19N5O2/c1-5-16-8-10(14-9(16)7(3)13)17(6-2)12(19)15(4)11(8)18/h7H,5-6,13H2,1-4H3. The van der Waals surface area contributed by atoms with Crippen LogP contribution in [-0.4, -0.2) is 18.7 Å². The predicted octanol–water partition coefficient (Wildman–Crippen LogP) is -0.0438. The Labute approximate surface area is 110 Å². The van der Waals surface area contributed by atoms with Gasteiger partial charge in [-0.3, -0.25) is 13.9 Å². The minimum absolute atomic E-state index is 0.294. The maximum Gasteiger partial charge on any atom is 0.332 e. The summed E-state index contributed by atoms with van der Waals surface area (Å²) < 4.78 is 4.40. The molecule has 0 bridgehead atoms. The molecule has 0 aliphatic carbocycles. The molecule has 2 N–H and O–H groups in total. The Morgan fingerprint density at radius 2 is 1.79 bits per heavy atom. The summed E-state index contributed by atoms with van der Waals surface area (Å²) in [6, 6.07) is -0.294. The van der Waals surface area contributed by atoms with Crippen molar-refractivity contribution >= 4 is 11.2 Å². The van der Waals surface area contributed by atoms with Crippen molar-refractivity contribution in [3.05, 3.63) is 26.7 Å². The second-order valence-electron chi connectivity index (χ2n) is 4.57. The molecule has 0 aromatic carbocycles. The Balaban J connectivity index is 3.07. The first-order valence-corrected chi connectivity index (χ1v) is 6.39. The molecule has 19 heavy (non-hydrogen) atoms. The highest BCUT2D eigenvalue weighted by Crippen LogP contribution is 2.16. The Bertz CT molecular complexity index is 735. The van der Waals surface area contributed by atoms with Crippen LogP contribution in [0.5, 0.6) is 0 Å². The van der Waals surface area contributed by atoms with Crippen molar-refractivity contribution in [1.29, 1.82) is 0 Å². The van der Waals surface area contributed by atoms with Gasteiger partial charge in [-0.05, 0) is 20.8 Å². The number of hydrogen-bond donors (Lipinski definition) is 1. The van der Waals surface area contributed by atoms with Gasteiger partial charge < -0.3 is 10.3 Å². The van der Waals surface area contributed by atoms with E-state index in [4.69, 9.17) is 5.73 Å². The van der Waals surface area contributed by atoms with Gasteiger partial charge in [0.25, 0.3) is 5.56 Å². The summed E-state index contributed by atoms with van der Waals surface area (Å²) >= 11 is 0. The maximum absolute atomic E-state index is 12.3. The van der Waals surface area contributed by atoms with E-state index < -0.39 is 0 Å². The molecule has 0 spiro atoms. The Kier molecular flexibility index (Phi) is 3.32. The fraction of sp³-hybridized carbons (Fsp3) is 0.583. The Morgan fingerprint density at radius 3 is 2.26 bits per heavy atom. The minimum Gasteiger partial charge on any atom is -0.322 e. The van der Waals surface area contributed by atoms with Gasteiger partial charge in [-0.15, -0.1) is 0 Å². The van der Waals surface area contributed by atoms with Gasteiger partial charge in [0.2, 0.25) is 0 Å². The first-order valence-electron chi connectivity index (χ1n) is 6.39. The van der Waals surface area contributed by atoms with Gasteiger partial charge in [0.15, 0.2) is 11.2 Å². The second kappa shape index (κ2) is 4.65. The van der Waals surface area contributed by atoms with E-state index in [1.165, 1.54) is 11.6 Å². The van der Waals surface area contributed by atoms with E-state index in [1.807, 2.05) is 20.8 Å². The number of nitrogens with zero attached hydrogens (tertiary/aromatic N) is 4. The van der Waals surface area contributed by atoms with Gasteiger partial charge in [0.05, 0.1) is 6.04 Å². The molecule has 1 atom stereocenters. The smallest absolute Gasteiger partial charge is 0.322 e. The summed E-state index contributed by atoms with van der Waals surface area (Å²) in [5, 5.41) is 0. The van der Waals surface area contributed by atoms with Crippen molar-refractivity contribution in [2.24, 2.45) is 12.8 Å². The molecule has 0 radical (unpaired) electrons. The number of aryl methyl sites for hydroxylation is 2. The molecule has 2 rings (SSSR count). The quantitative estimate of drug-likeness (QED) is 0.843. The number of imidazole rings is 1. The van der Waals surface area contributed by atoms with E-state index in [2.05, 4.69) is 4.98 Å². The van der Waals surface area contributed by atoms with Crippen LogP contribution in [0.2, 0.25) is 0 Å². The van der Waals surface area contributed by atoms with E-state index in [0.717, 1.165) is 4.57 Å². The molecule has 1 unspecified atom stereocenters. The van der Waals surface area contributed by atoms with Crippen molar-refractivity contribution in [3.63, 3.8) is 0 Å². The third-order valence-corrected chi connectivity index (χ3v) is 3.30. The third kappa shape index (κ3) is 1.81. The van der Waals surface area contributed by atoms with Crippen LogP contribution in [0.15, 0.2) is 9.59 Å². The van der Waals surface area contributed by atoms with Gasteiger partial charge in [0, 0.05) is 20.1 Å². The summed E-state index contributed by atoms with van der Waals surface area (Å²) in [5.74, 6) is 0.627. The van der Waals surface area contributed by atoms with E-state index in [-0.39, 0.29) is 17.3 Å². The van der Waals surface area contributed by atoms with E-state index in [1.54, 1.807) is 4.57 Å². The van der Waals surface area contributed by atoms with E-state index in [9.17, 15) is 9.59 Å². The van der Waals surface area contributed by atoms with Gasteiger partial charge in [-0.1, -0.05) is 0 Å². The number of nitrogens with two attached hydrogens (primary N) is 1. The average Bonchev–Trinajstić information content (AvgIpc) is 2.76. The molecule has 0 amide bonds. The molecule has 0 aliphatic heterocycles. The Hall–Kier alpha value is -1.89. The first kappa shape index (κ1) is 13.5. The van der Waals surface area contributed by atoms with Gasteiger partial charge in [0.1, 0.15) is 5.82 Å².